The van der Waals surface area contributed by atoms with Crippen molar-refractivity contribution in [3.05, 3.63) is 23.8 Å². The van der Waals surface area contributed by atoms with E-state index in [1.54, 1.807) is 0 Å². The highest BCUT2D eigenvalue weighted by Gasteiger charge is 2.13. The van der Waals surface area contributed by atoms with E-state index in [4.69, 9.17) is 0 Å². The second kappa shape index (κ2) is 7.29. The topological polar surface area (TPSA) is 53.2 Å². The minimum atomic E-state index is 0.0589. The van der Waals surface area contributed by atoms with Gasteiger partial charge in [0.05, 0.1) is 0 Å². The zero-order valence-electron chi connectivity index (χ0n) is 12.5. The standard InChI is InChI=1S/C16H25N3O/c1-3-16(20)19-15-6-4-5-14(12(15)2)18-11-13-7-9-17-10-8-13/h4-6,13,17-18H,3,7-11H2,1-2H3,(H,19,20). The summed E-state index contributed by atoms with van der Waals surface area (Å²) in [6.45, 7) is 7.17. The highest BCUT2D eigenvalue weighted by atomic mass is 16.1. The van der Waals surface area contributed by atoms with Crippen molar-refractivity contribution in [2.45, 2.75) is 33.1 Å². The first-order chi connectivity index (χ1) is 9.70. The van der Waals surface area contributed by atoms with Gasteiger partial charge in [0, 0.05) is 24.3 Å². The number of rotatable bonds is 5. The summed E-state index contributed by atoms with van der Waals surface area (Å²) >= 11 is 0. The third-order valence-corrected chi connectivity index (χ3v) is 3.97. The van der Waals surface area contributed by atoms with Gasteiger partial charge >= 0.3 is 0 Å². The Labute approximate surface area is 121 Å². The van der Waals surface area contributed by atoms with Crippen LogP contribution in [0.2, 0.25) is 0 Å². The summed E-state index contributed by atoms with van der Waals surface area (Å²) in [5, 5.41) is 9.87. The van der Waals surface area contributed by atoms with Gasteiger partial charge in [0.1, 0.15) is 0 Å². The average molecular weight is 275 g/mol. The van der Waals surface area contributed by atoms with Gasteiger partial charge < -0.3 is 16.0 Å². The van der Waals surface area contributed by atoms with Crippen molar-refractivity contribution in [3.63, 3.8) is 0 Å². The van der Waals surface area contributed by atoms with Gasteiger partial charge in [-0.1, -0.05) is 13.0 Å². The van der Waals surface area contributed by atoms with Crippen LogP contribution in [-0.4, -0.2) is 25.5 Å². The summed E-state index contributed by atoms with van der Waals surface area (Å²) in [4.78, 5) is 11.5. The molecule has 0 saturated carbocycles. The van der Waals surface area contributed by atoms with Gasteiger partial charge in [-0.2, -0.15) is 0 Å². The van der Waals surface area contributed by atoms with E-state index in [9.17, 15) is 4.79 Å². The van der Waals surface area contributed by atoms with E-state index >= 15 is 0 Å². The second-order valence-electron chi connectivity index (χ2n) is 5.45. The van der Waals surface area contributed by atoms with Crippen LogP contribution in [-0.2, 0) is 4.79 Å². The predicted octanol–water partition coefficient (Wildman–Crippen LogP) is 2.76. The largest absolute Gasteiger partial charge is 0.384 e. The van der Waals surface area contributed by atoms with Crippen LogP contribution in [0.25, 0.3) is 0 Å². The molecular weight excluding hydrogens is 250 g/mol. The number of hydrogen-bond acceptors (Lipinski definition) is 3. The van der Waals surface area contributed by atoms with Gasteiger partial charge in [0.25, 0.3) is 0 Å². The van der Waals surface area contributed by atoms with Crippen LogP contribution in [0.3, 0.4) is 0 Å². The van der Waals surface area contributed by atoms with Crippen molar-refractivity contribution < 1.29 is 4.79 Å². The van der Waals surface area contributed by atoms with E-state index in [-0.39, 0.29) is 5.91 Å². The number of benzene rings is 1. The molecule has 1 saturated heterocycles. The molecule has 1 fully saturated rings. The van der Waals surface area contributed by atoms with Crippen LogP contribution in [0.1, 0.15) is 31.7 Å². The highest BCUT2D eigenvalue weighted by molar-refractivity contribution is 5.92. The molecule has 0 bridgehead atoms. The third-order valence-electron chi connectivity index (χ3n) is 3.97. The van der Waals surface area contributed by atoms with Crippen molar-refractivity contribution in [1.82, 2.24) is 5.32 Å². The van der Waals surface area contributed by atoms with E-state index in [2.05, 4.69) is 28.9 Å². The van der Waals surface area contributed by atoms with Crippen molar-refractivity contribution in [2.75, 3.05) is 30.3 Å². The fourth-order valence-electron chi connectivity index (χ4n) is 2.54. The lowest BCUT2D eigenvalue weighted by molar-refractivity contribution is -0.115. The monoisotopic (exact) mass is 275 g/mol. The zero-order chi connectivity index (χ0) is 14.4. The normalized spacial score (nSPS) is 15.9. The Hall–Kier alpha value is -1.55. The fourth-order valence-corrected chi connectivity index (χ4v) is 2.54. The molecule has 1 aliphatic rings. The Morgan fingerprint density at radius 1 is 1.30 bits per heavy atom. The molecule has 1 aromatic carbocycles. The summed E-state index contributed by atoms with van der Waals surface area (Å²) in [6.07, 6.45) is 2.97. The summed E-state index contributed by atoms with van der Waals surface area (Å²) < 4.78 is 0. The molecule has 0 unspecified atom stereocenters. The smallest absolute Gasteiger partial charge is 0.224 e. The molecule has 2 rings (SSSR count). The van der Waals surface area contributed by atoms with Crippen molar-refractivity contribution >= 4 is 17.3 Å². The Bertz CT molecular complexity index is 453. The fraction of sp³-hybridized carbons (Fsp3) is 0.562. The number of anilines is 2. The number of nitrogens with one attached hydrogen (secondary N) is 3. The molecule has 0 aromatic heterocycles. The van der Waals surface area contributed by atoms with Gasteiger partial charge in [-0.3, -0.25) is 4.79 Å². The predicted molar refractivity (Wildman–Crippen MR) is 84.2 cm³/mol. The van der Waals surface area contributed by atoms with Gasteiger partial charge in [0.15, 0.2) is 0 Å². The summed E-state index contributed by atoms with van der Waals surface area (Å²) in [6, 6.07) is 6.03. The molecule has 0 aliphatic carbocycles. The van der Waals surface area contributed by atoms with E-state index in [1.165, 1.54) is 12.8 Å². The van der Waals surface area contributed by atoms with Gasteiger partial charge in [0.2, 0.25) is 5.91 Å². The molecule has 1 heterocycles. The Morgan fingerprint density at radius 3 is 2.70 bits per heavy atom. The maximum absolute atomic E-state index is 11.5. The average Bonchev–Trinajstić information content (AvgIpc) is 2.49. The minimum Gasteiger partial charge on any atom is -0.384 e. The molecule has 4 heteroatoms. The lowest BCUT2D eigenvalue weighted by Gasteiger charge is -2.24. The Kier molecular flexibility index (Phi) is 5.41. The molecule has 110 valence electrons. The maximum Gasteiger partial charge on any atom is 0.224 e. The third kappa shape index (κ3) is 3.97. The second-order valence-corrected chi connectivity index (χ2v) is 5.45. The molecular formula is C16H25N3O. The van der Waals surface area contributed by atoms with Crippen LogP contribution >= 0.6 is 0 Å². The van der Waals surface area contributed by atoms with Crippen molar-refractivity contribution in [3.8, 4) is 0 Å². The number of amides is 1. The maximum atomic E-state index is 11.5. The number of carbonyl (C=O) groups excluding carboxylic acids is 1. The Balaban J connectivity index is 1.96. The molecule has 0 atom stereocenters. The van der Waals surface area contributed by atoms with Crippen molar-refractivity contribution in [1.29, 1.82) is 0 Å². The molecule has 3 N–H and O–H groups in total. The van der Waals surface area contributed by atoms with Gasteiger partial charge in [-0.25, -0.2) is 0 Å². The first-order valence-corrected chi connectivity index (χ1v) is 7.54. The number of piperidine rings is 1. The van der Waals surface area contributed by atoms with Crippen LogP contribution < -0.4 is 16.0 Å². The van der Waals surface area contributed by atoms with Gasteiger partial charge in [-0.15, -0.1) is 0 Å². The minimum absolute atomic E-state index is 0.0589. The zero-order valence-corrected chi connectivity index (χ0v) is 12.5. The molecule has 4 nitrogen and oxygen atoms in total. The van der Waals surface area contributed by atoms with Crippen LogP contribution in [0.15, 0.2) is 18.2 Å². The molecule has 0 radical (unpaired) electrons. The molecule has 1 aliphatic heterocycles. The molecule has 1 aromatic rings. The first kappa shape index (κ1) is 14.9. The van der Waals surface area contributed by atoms with Crippen LogP contribution in [0.5, 0.6) is 0 Å². The van der Waals surface area contributed by atoms with E-state index < -0.39 is 0 Å². The first-order valence-electron chi connectivity index (χ1n) is 7.54. The summed E-state index contributed by atoms with van der Waals surface area (Å²) in [7, 11) is 0. The number of hydrogen-bond donors (Lipinski definition) is 3. The number of carbonyl (C=O) groups is 1. The van der Waals surface area contributed by atoms with Crippen LogP contribution in [0.4, 0.5) is 11.4 Å². The van der Waals surface area contributed by atoms with E-state index in [1.807, 2.05) is 19.1 Å². The lowest BCUT2D eigenvalue weighted by Crippen LogP contribution is -2.31. The SMILES string of the molecule is CCC(=O)Nc1cccc(NCC2CCNCC2)c1C. The Morgan fingerprint density at radius 2 is 2.00 bits per heavy atom. The summed E-state index contributed by atoms with van der Waals surface area (Å²) in [5.74, 6) is 0.799. The highest BCUT2D eigenvalue weighted by Crippen LogP contribution is 2.24. The van der Waals surface area contributed by atoms with Gasteiger partial charge in [-0.05, 0) is 56.5 Å². The van der Waals surface area contributed by atoms with E-state index in [0.717, 1.165) is 42.5 Å². The molecule has 20 heavy (non-hydrogen) atoms. The molecule has 0 spiro atoms. The van der Waals surface area contributed by atoms with E-state index in [0.29, 0.717) is 6.42 Å². The van der Waals surface area contributed by atoms with Crippen molar-refractivity contribution in [2.24, 2.45) is 5.92 Å². The quantitative estimate of drug-likeness (QED) is 0.774. The lowest BCUT2D eigenvalue weighted by atomic mass is 9.98. The van der Waals surface area contributed by atoms with Crippen LogP contribution in [0, 0.1) is 12.8 Å². The molecule has 1 amide bonds. The summed E-state index contributed by atoms with van der Waals surface area (Å²) in [5.41, 5.74) is 3.15.